The molecule has 0 aliphatic heterocycles. The first-order valence-electron chi connectivity index (χ1n) is 7.88. The van der Waals surface area contributed by atoms with Crippen LogP contribution in [0, 0.1) is 5.82 Å². The molecule has 1 amide bonds. The number of carbonyl (C=O) groups is 1. The molecule has 2 heterocycles. The van der Waals surface area contributed by atoms with Crippen molar-refractivity contribution < 1.29 is 23.1 Å². The molecule has 1 unspecified atom stereocenters. The number of carbonyl (C=O) groups excluding carboxylic acids is 1. The molecule has 130 valence electrons. The number of hydrogen-bond donors (Lipinski definition) is 1. The van der Waals surface area contributed by atoms with Crippen LogP contribution in [-0.2, 0) is 17.9 Å². The first kappa shape index (κ1) is 17.0. The molecule has 25 heavy (non-hydrogen) atoms. The number of nitrogens with zero attached hydrogens (tertiary/aromatic N) is 1. The fourth-order valence-electron chi connectivity index (χ4n) is 2.54. The Labute approximate surface area is 144 Å². The van der Waals surface area contributed by atoms with Crippen LogP contribution in [-0.4, -0.2) is 15.9 Å². The summed E-state index contributed by atoms with van der Waals surface area (Å²) in [4.78, 5) is 14.2. The molecule has 0 spiro atoms. The van der Waals surface area contributed by atoms with Gasteiger partial charge in [-0.15, -0.1) is 0 Å². The normalized spacial score (nSPS) is 12.1. The molecular weight excluding hydrogens is 325 g/mol. The van der Waals surface area contributed by atoms with Gasteiger partial charge in [0.2, 0.25) is 5.91 Å². The van der Waals surface area contributed by atoms with Crippen LogP contribution >= 0.6 is 0 Å². The van der Waals surface area contributed by atoms with E-state index in [4.69, 9.17) is 8.83 Å². The molecule has 0 aliphatic rings. The number of aliphatic hydroxyl groups is 1. The van der Waals surface area contributed by atoms with Crippen LogP contribution in [0.15, 0.2) is 69.9 Å². The molecule has 1 N–H and O–H groups in total. The largest absolute Gasteiger partial charge is 0.467 e. The van der Waals surface area contributed by atoms with Crippen molar-refractivity contribution in [3.05, 3.63) is 84.0 Å². The van der Waals surface area contributed by atoms with Gasteiger partial charge in [0, 0.05) is 0 Å². The molecule has 0 aliphatic carbocycles. The predicted octanol–water partition coefficient (Wildman–Crippen LogP) is 3.66. The Morgan fingerprint density at radius 2 is 1.68 bits per heavy atom. The molecule has 0 fully saturated rings. The van der Waals surface area contributed by atoms with Crippen molar-refractivity contribution in [3.8, 4) is 0 Å². The van der Waals surface area contributed by atoms with Gasteiger partial charge in [0.15, 0.2) is 0 Å². The molecule has 0 bridgehead atoms. The number of furan rings is 2. The zero-order valence-corrected chi connectivity index (χ0v) is 13.5. The van der Waals surface area contributed by atoms with E-state index in [2.05, 4.69) is 0 Å². The summed E-state index contributed by atoms with van der Waals surface area (Å²) < 4.78 is 23.9. The molecule has 2 aromatic heterocycles. The first-order chi connectivity index (χ1) is 12.1. The van der Waals surface area contributed by atoms with Gasteiger partial charge >= 0.3 is 0 Å². The van der Waals surface area contributed by atoms with Gasteiger partial charge < -0.3 is 18.8 Å². The minimum atomic E-state index is -1.08. The number of halogens is 1. The van der Waals surface area contributed by atoms with Crippen LogP contribution < -0.4 is 0 Å². The van der Waals surface area contributed by atoms with E-state index in [9.17, 15) is 14.3 Å². The minimum absolute atomic E-state index is 0.162. The van der Waals surface area contributed by atoms with Crippen LogP contribution in [0.5, 0.6) is 0 Å². The van der Waals surface area contributed by atoms with Crippen LogP contribution in [0.4, 0.5) is 4.39 Å². The van der Waals surface area contributed by atoms with Crippen molar-refractivity contribution >= 4 is 5.91 Å². The standard InChI is InChI=1S/C19H18FNO4/c20-15-5-1-4-14(10-15)18(22)11-19(23)21(12-16-6-2-8-24-16)13-17-7-3-9-25-17/h1-10,18,22H,11-13H2. The van der Waals surface area contributed by atoms with Crippen molar-refractivity contribution in [2.75, 3.05) is 0 Å². The van der Waals surface area contributed by atoms with E-state index in [0.29, 0.717) is 17.1 Å². The Kier molecular flexibility index (Phi) is 5.30. The van der Waals surface area contributed by atoms with Crippen molar-refractivity contribution in [1.29, 1.82) is 0 Å². The van der Waals surface area contributed by atoms with E-state index >= 15 is 0 Å². The van der Waals surface area contributed by atoms with E-state index < -0.39 is 11.9 Å². The maximum Gasteiger partial charge on any atom is 0.226 e. The summed E-state index contributed by atoms with van der Waals surface area (Å²) in [5.74, 6) is 0.511. The molecule has 5 nitrogen and oxygen atoms in total. The van der Waals surface area contributed by atoms with Crippen molar-refractivity contribution in [2.24, 2.45) is 0 Å². The lowest BCUT2D eigenvalue weighted by Crippen LogP contribution is -2.31. The highest BCUT2D eigenvalue weighted by atomic mass is 19.1. The topological polar surface area (TPSA) is 66.8 Å². The van der Waals surface area contributed by atoms with Gasteiger partial charge in [0.1, 0.15) is 17.3 Å². The van der Waals surface area contributed by atoms with E-state index in [0.717, 1.165) is 0 Å². The highest BCUT2D eigenvalue weighted by Crippen LogP contribution is 2.20. The summed E-state index contributed by atoms with van der Waals surface area (Å²) in [6, 6.07) is 12.6. The molecule has 1 aromatic carbocycles. The number of benzene rings is 1. The number of aliphatic hydroxyl groups excluding tert-OH is 1. The molecule has 0 radical (unpaired) electrons. The van der Waals surface area contributed by atoms with Gasteiger partial charge in [-0.3, -0.25) is 4.79 Å². The molecule has 6 heteroatoms. The van der Waals surface area contributed by atoms with Gasteiger partial charge in [-0.1, -0.05) is 12.1 Å². The van der Waals surface area contributed by atoms with E-state index in [1.54, 1.807) is 30.3 Å². The summed E-state index contributed by atoms with van der Waals surface area (Å²) in [7, 11) is 0. The molecule has 1 atom stereocenters. The van der Waals surface area contributed by atoms with E-state index in [-0.39, 0.29) is 25.4 Å². The number of rotatable bonds is 7. The second kappa shape index (κ2) is 7.81. The van der Waals surface area contributed by atoms with Crippen LogP contribution in [0.1, 0.15) is 29.6 Å². The molecular formula is C19H18FNO4. The Morgan fingerprint density at radius 1 is 1.04 bits per heavy atom. The van der Waals surface area contributed by atoms with E-state index in [1.165, 1.54) is 35.6 Å². The summed E-state index contributed by atoms with van der Waals surface area (Å²) in [5, 5.41) is 10.3. The van der Waals surface area contributed by atoms with Gasteiger partial charge in [-0.25, -0.2) is 4.39 Å². The third kappa shape index (κ3) is 4.58. The summed E-state index contributed by atoms with van der Waals surface area (Å²) >= 11 is 0. The van der Waals surface area contributed by atoms with Crippen LogP contribution in [0.2, 0.25) is 0 Å². The van der Waals surface area contributed by atoms with Gasteiger partial charge in [0.05, 0.1) is 38.1 Å². The Bertz CT molecular complexity index is 762. The summed E-state index contributed by atoms with van der Waals surface area (Å²) in [6.45, 7) is 0.505. The highest BCUT2D eigenvalue weighted by Gasteiger charge is 2.21. The molecule has 0 saturated carbocycles. The molecule has 0 saturated heterocycles. The lowest BCUT2D eigenvalue weighted by molar-refractivity contribution is -0.135. The quantitative estimate of drug-likeness (QED) is 0.711. The Morgan fingerprint density at radius 3 is 2.20 bits per heavy atom. The predicted molar refractivity (Wildman–Crippen MR) is 87.6 cm³/mol. The highest BCUT2D eigenvalue weighted by molar-refractivity contribution is 5.76. The Hall–Kier alpha value is -2.86. The third-order valence-electron chi connectivity index (χ3n) is 3.81. The zero-order chi connectivity index (χ0) is 17.6. The smallest absolute Gasteiger partial charge is 0.226 e. The maximum absolute atomic E-state index is 13.3. The van der Waals surface area contributed by atoms with Gasteiger partial charge in [0.25, 0.3) is 0 Å². The summed E-state index contributed by atoms with van der Waals surface area (Å²) in [6.07, 6.45) is 1.82. The van der Waals surface area contributed by atoms with E-state index in [1.807, 2.05) is 0 Å². The monoisotopic (exact) mass is 343 g/mol. The Balaban J connectivity index is 1.71. The number of hydrogen-bond acceptors (Lipinski definition) is 4. The average Bonchev–Trinajstić information content (AvgIpc) is 3.28. The maximum atomic E-state index is 13.3. The van der Waals surface area contributed by atoms with Crippen molar-refractivity contribution in [1.82, 2.24) is 4.90 Å². The lowest BCUT2D eigenvalue weighted by Gasteiger charge is -2.22. The molecule has 3 rings (SSSR count). The number of amides is 1. The zero-order valence-electron chi connectivity index (χ0n) is 13.5. The summed E-state index contributed by atoms with van der Waals surface area (Å²) in [5.41, 5.74) is 0.365. The van der Waals surface area contributed by atoms with Gasteiger partial charge in [-0.2, -0.15) is 0 Å². The molecule has 3 aromatic rings. The van der Waals surface area contributed by atoms with Crippen LogP contribution in [0.3, 0.4) is 0 Å². The second-order valence-corrected chi connectivity index (χ2v) is 5.68. The fourth-order valence-corrected chi connectivity index (χ4v) is 2.54. The first-order valence-corrected chi connectivity index (χ1v) is 7.88. The van der Waals surface area contributed by atoms with Crippen LogP contribution in [0.25, 0.3) is 0 Å². The van der Waals surface area contributed by atoms with Gasteiger partial charge in [-0.05, 0) is 42.0 Å². The van der Waals surface area contributed by atoms with Crippen molar-refractivity contribution in [3.63, 3.8) is 0 Å². The average molecular weight is 343 g/mol. The minimum Gasteiger partial charge on any atom is -0.467 e. The lowest BCUT2D eigenvalue weighted by atomic mass is 10.1. The second-order valence-electron chi connectivity index (χ2n) is 5.68. The SMILES string of the molecule is O=C(CC(O)c1cccc(F)c1)N(Cc1ccco1)Cc1ccco1. The fraction of sp³-hybridized carbons (Fsp3) is 0.211. The third-order valence-corrected chi connectivity index (χ3v) is 3.81. The van der Waals surface area contributed by atoms with Crippen molar-refractivity contribution in [2.45, 2.75) is 25.6 Å².